The first-order valence-electron chi connectivity index (χ1n) is 6.04. The van der Waals surface area contributed by atoms with Crippen molar-refractivity contribution in [3.63, 3.8) is 0 Å². The van der Waals surface area contributed by atoms with Crippen molar-refractivity contribution in [1.82, 2.24) is 0 Å². The average molecular weight is 253 g/mol. The van der Waals surface area contributed by atoms with Crippen LogP contribution in [0.3, 0.4) is 0 Å². The fourth-order valence-corrected chi connectivity index (χ4v) is 2.27. The lowest BCUT2D eigenvalue weighted by Crippen LogP contribution is -2.42. The van der Waals surface area contributed by atoms with Crippen molar-refractivity contribution in [1.29, 1.82) is 0 Å². The summed E-state index contributed by atoms with van der Waals surface area (Å²) in [4.78, 5) is 9.89. The standard InChI is InChI=1S/C12H16FN3O2/c13-9-7-8(16(17)18)5-6-11(9)15-12-4-2-1-3-10(12)14/h5-7,10,12,15H,1-4,14H2/t10-,12-/m1/s1. The number of nitrogens with zero attached hydrogens (tertiary/aromatic N) is 1. The number of halogens is 1. The molecule has 3 N–H and O–H groups in total. The van der Waals surface area contributed by atoms with Gasteiger partial charge >= 0.3 is 0 Å². The number of nitrogens with two attached hydrogens (primary N) is 1. The molecule has 1 aliphatic carbocycles. The molecular formula is C12H16FN3O2. The Morgan fingerprint density at radius 3 is 2.72 bits per heavy atom. The van der Waals surface area contributed by atoms with Gasteiger partial charge in [-0.15, -0.1) is 0 Å². The Balaban J connectivity index is 2.11. The highest BCUT2D eigenvalue weighted by molar-refractivity contribution is 5.51. The van der Waals surface area contributed by atoms with Gasteiger partial charge in [-0.2, -0.15) is 0 Å². The molecule has 0 amide bonds. The Bertz CT molecular complexity index is 453. The fraction of sp³-hybridized carbons (Fsp3) is 0.500. The molecule has 5 nitrogen and oxygen atoms in total. The van der Waals surface area contributed by atoms with E-state index in [1.165, 1.54) is 12.1 Å². The van der Waals surface area contributed by atoms with Crippen molar-refractivity contribution in [2.24, 2.45) is 5.73 Å². The van der Waals surface area contributed by atoms with E-state index in [0.717, 1.165) is 31.7 Å². The molecule has 1 aliphatic rings. The molecule has 6 heteroatoms. The van der Waals surface area contributed by atoms with Crippen molar-refractivity contribution in [3.8, 4) is 0 Å². The molecule has 98 valence electrons. The van der Waals surface area contributed by atoms with Crippen LogP contribution in [0, 0.1) is 15.9 Å². The van der Waals surface area contributed by atoms with E-state index in [0.29, 0.717) is 0 Å². The first-order valence-corrected chi connectivity index (χ1v) is 6.04. The minimum atomic E-state index is -0.612. The van der Waals surface area contributed by atoms with Crippen molar-refractivity contribution in [2.45, 2.75) is 37.8 Å². The zero-order chi connectivity index (χ0) is 13.1. The van der Waals surface area contributed by atoms with Crippen molar-refractivity contribution < 1.29 is 9.31 Å². The molecule has 0 heterocycles. The summed E-state index contributed by atoms with van der Waals surface area (Å²) in [6, 6.07) is 3.66. The van der Waals surface area contributed by atoms with Gasteiger partial charge in [0.2, 0.25) is 0 Å². The summed E-state index contributed by atoms with van der Waals surface area (Å²) >= 11 is 0. The molecule has 18 heavy (non-hydrogen) atoms. The number of hydrogen-bond donors (Lipinski definition) is 2. The number of nitro groups is 1. The Morgan fingerprint density at radius 2 is 2.11 bits per heavy atom. The van der Waals surface area contributed by atoms with Gasteiger partial charge in [0.05, 0.1) is 16.7 Å². The highest BCUT2D eigenvalue weighted by Gasteiger charge is 2.22. The third kappa shape index (κ3) is 2.76. The largest absolute Gasteiger partial charge is 0.378 e. The smallest absolute Gasteiger partial charge is 0.272 e. The second-order valence-electron chi connectivity index (χ2n) is 4.62. The molecule has 0 spiro atoms. The highest BCUT2D eigenvalue weighted by atomic mass is 19.1. The summed E-state index contributed by atoms with van der Waals surface area (Å²) < 4.78 is 13.7. The zero-order valence-corrected chi connectivity index (χ0v) is 9.93. The van der Waals surface area contributed by atoms with Crippen LogP contribution >= 0.6 is 0 Å². The van der Waals surface area contributed by atoms with Gasteiger partial charge < -0.3 is 11.1 Å². The van der Waals surface area contributed by atoms with Crippen LogP contribution in [0.4, 0.5) is 15.8 Å². The van der Waals surface area contributed by atoms with Crippen LogP contribution in [0.1, 0.15) is 25.7 Å². The summed E-state index contributed by atoms with van der Waals surface area (Å²) in [5.41, 5.74) is 6.00. The topological polar surface area (TPSA) is 81.2 Å². The second-order valence-corrected chi connectivity index (χ2v) is 4.62. The van der Waals surface area contributed by atoms with Gasteiger partial charge in [-0.3, -0.25) is 10.1 Å². The van der Waals surface area contributed by atoms with Gasteiger partial charge in [0.25, 0.3) is 5.69 Å². The third-order valence-corrected chi connectivity index (χ3v) is 3.32. The van der Waals surface area contributed by atoms with Crippen LogP contribution in [0.2, 0.25) is 0 Å². The number of nitro benzene ring substituents is 1. The molecule has 0 unspecified atom stereocenters. The second kappa shape index (κ2) is 5.30. The first kappa shape index (κ1) is 12.8. The summed E-state index contributed by atoms with van der Waals surface area (Å²) in [6.45, 7) is 0. The lowest BCUT2D eigenvalue weighted by molar-refractivity contribution is -0.385. The number of rotatable bonds is 3. The number of benzene rings is 1. The van der Waals surface area contributed by atoms with Gasteiger partial charge in [-0.25, -0.2) is 4.39 Å². The van der Waals surface area contributed by atoms with Crippen molar-refractivity contribution in [2.75, 3.05) is 5.32 Å². The van der Waals surface area contributed by atoms with Gasteiger partial charge in [0.1, 0.15) is 0 Å². The SMILES string of the molecule is N[C@@H]1CCCC[C@H]1Nc1ccc([N+](=O)[O-])cc1F. The highest BCUT2D eigenvalue weighted by Crippen LogP contribution is 2.25. The van der Waals surface area contributed by atoms with E-state index in [4.69, 9.17) is 5.73 Å². The molecule has 1 aromatic carbocycles. The van der Waals surface area contributed by atoms with Crippen molar-refractivity contribution >= 4 is 11.4 Å². The summed E-state index contributed by atoms with van der Waals surface area (Å²) in [6.07, 6.45) is 3.99. The maximum atomic E-state index is 13.7. The van der Waals surface area contributed by atoms with Gasteiger partial charge in [0.15, 0.2) is 5.82 Å². The quantitative estimate of drug-likeness (QED) is 0.640. The number of hydrogen-bond acceptors (Lipinski definition) is 4. The number of nitrogens with one attached hydrogen (secondary N) is 1. The van der Waals surface area contributed by atoms with E-state index in [1.54, 1.807) is 0 Å². The van der Waals surface area contributed by atoms with Crippen LogP contribution in [0.15, 0.2) is 18.2 Å². The molecule has 0 aromatic heterocycles. The van der Waals surface area contributed by atoms with Gasteiger partial charge in [-0.05, 0) is 18.9 Å². The zero-order valence-electron chi connectivity index (χ0n) is 9.93. The predicted octanol–water partition coefficient (Wildman–Crippen LogP) is 2.42. The maximum absolute atomic E-state index is 13.7. The molecule has 2 rings (SSSR count). The average Bonchev–Trinajstić information content (AvgIpc) is 2.34. The minimum Gasteiger partial charge on any atom is -0.378 e. The van der Waals surface area contributed by atoms with Gasteiger partial charge in [-0.1, -0.05) is 12.8 Å². The molecule has 1 saturated carbocycles. The van der Waals surface area contributed by atoms with E-state index in [1.807, 2.05) is 0 Å². The van der Waals surface area contributed by atoms with E-state index in [2.05, 4.69) is 5.32 Å². The summed E-state index contributed by atoms with van der Waals surface area (Å²) in [7, 11) is 0. The molecule has 0 aliphatic heterocycles. The molecule has 1 aromatic rings. The molecule has 0 saturated heterocycles. The van der Waals surface area contributed by atoms with Crippen molar-refractivity contribution in [3.05, 3.63) is 34.1 Å². The predicted molar refractivity (Wildman–Crippen MR) is 66.9 cm³/mol. The number of non-ortho nitro benzene ring substituents is 1. The Hall–Kier alpha value is -1.69. The van der Waals surface area contributed by atoms with E-state index >= 15 is 0 Å². The fourth-order valence-electron chi connectivity index (χ4n) is 2.27. The van der Waals surface area contributed by atoms with Gasteiger partial charge in [0, 0.05) is 18.2 Å². The number of anilines is 1. The van der Waals surface area contributed by atoms with E-state index < -0.39 is 10.7 Å². The molecular weight excluding hydrogens is 237 g/mol. The monoisotopic (exact) mass is 253 g/mol. The minimum absolute atomic E-state index is 0.00772. The van der Waals surface area contributed by atoms with Crippen LogP contribution < -0.4 is 11.1 Å². The lowest BCUT2D eigenvalue weighted by Gasteiger charge is -2.30. The van der Waals surface area contributed by atoms with Crippen LogP contribution in [0.25, 0.3) is 0 Å². The van der Waals surface area contributed by atoms with E-state index in [-0.39, 0.29) is 23.5 Å². The van der Waals surface area contributed by atoms with Crippen LogP contribution in [-0.4, -0.2) is 17.0 Å². The van der Waals surface area contributed by atoms with Crippen LogP contribution in [0.5, 0.6) is 0 Å². The normalized spacial score (nSPS) is 23.7. The molecule has 1 fully saturated rings. The summed E-state index contributed by atoms with van der Waals surface area (Å²) in [5.74, 6) is -0.609. The Labute approximate surface area is 104 Å². The molecule has 0 bridgehead atoms. The maximum Gasteiger partial charge on any atom is 0.272 e. The lowest BCUT2D eigenvalue weighted by atomic mass is 9.91. The molecule has 0 radical (unpaired) electrons. The summed E-state index contributed by atoms with van der Waals surface area (Å²) in [5, 5.41) is 13.5. The van der Waals surface area contributed by atoms with Crippen LogP contribution in [-0.2, 0) is 0 Å². The molecule has 2 atom stereocenters. The first-order chi connectivity index (χ1) is 8.58. The third-order valence-electron chi connectivity index (χ3n) is 3.32. The Kier molecular flexibility index (Phi) is 3.76. The van der Waals surface area contributed by atoms with E-state index in [9.17, 15) is 14.5 Å². The Morgan fingerprint density at radius 1 is 1.39 bits per heavy atom.